The predicted octanol–water partition coefficient (Wildman–Crippen LogP) is 4.94. The van der Waals surface area contributed by atoms with Crippen LogP contribution in [0, 0.1) is 5.92 Å². The van der Waals surface area contributed by atoms with Crippen LogP contribution in [-0.4, -0.2) is 0 Å². The second-order valence-corrected chi connectivity index (χ2v) is 5.53. The van der Waals surface area contributed by atoms with E-state index >= 15 is 0 Å². The van der Waals surface area contributed by atoms with Gasteiger partial charge in [-0.05, 0) is 36.5 Å². The molecule has 0 unspecified atom stereocenters. The zero-order chi connectivity index (χ0) is 14.0. The first-order valence-corrected chi connectivity index (χ1v) is 6.90. The Balaban J connectivity index is 2.37. The zero-order valence-corrected chi connectivity index (χ0v) is 11.3. The van der Waals surface area contributed by atoms with Gasteiger partial charge in [-0.3, -0.25) is 0 Å². The Morgan fingerprint density at radius 2 is 1.79 bits per heavy atom. The largest absolute Gasteiger partial charge is 0.416 e. The third kappa shape index (κ3) is 3.23. The number of rotatable bonds is 2. The van der Waals surface area contributed by atoms with Gasteiger partial charge < -0.3 is 5.73 Å². The van der Waals surface area contributed by atoms with Crippen LogP contribution in [0.3, 0.4) is 0 Å². The summed E-state index contributed by atoms with van der Waals surface area (Å²) in [6, 6.07) is 3.23. The van der Waals surface area contributed by atoms with Gasteiger partial charge in [0.05, 0.1) is 5.56 Å². The molecule has 2 rings (SSSR count). The summed E-state index contributed by atoms with van der Waals surface area (Å²) >= 11 is 5.97. The van der Waals surface area contributed by atoms with Crippen LogP contribution >= 0.6 is 11.6 Å². The van der Waals surface area contributed by atoms with Crippen molar-refractivity contribution in [3.05, 3.63) is 34.3 Å². The quantitative estimate of drug-likeness (QED) is 0.820. The van der Waals surface area contributed by atoms with Crippen molar-refractivity contribution in [2.45, 2.75) is 44.3 Å². The van der Waals surface area contributed by atoms with Crippen LogP contribution in [0.25, 0.3) is 0 Å². The van der Waals surface area contributed by atoms with Crippen molar-refractivity contribution in [3.8, 4) is 0 Å². The van der Waals surface area contributed by atoms with Gasteiger partial charge in [-0.1, -0.05) is 36.9 Å². The Morgan fingerprint density at radius 3 is 2.37 bits per heavy atom. The van der Waals surface area contributed by atoms with E-state index in [1.165, 1.54) is 12.1 Å². The monoisotopic (exact) mass is 291 g/mol. The molecule has 0 amide bonds. The first-order chi connectivity index (χ1) is 8.91. The van der Waals surface area contributed by atoms with Gasteiger partial charge in [0, 0.05) is 11.1 Å². The second kappa shape index (κ2) is 5.71. The molecule has 2 N–H and O–H groups in total. The molecule has 0 aliphatic heterocycles. The standard InChI is InChI=1S/C14H17ClF3N/c15-11-8-4-7-10(14(16,17)18)12(11)13(19)9-5-2-1-3-6-9/h4,7-9,13H,1-3,5-6,19H2/t13-/m1/s1. The lowest BCUT2D eigenvalue weighted by Gasteiger charge is -2.30. The molecular weight excluding hydrogens is 275 g/mol. The molecule has 1 aromatic rings. The molecule has 0 spiro atoms. The van der Waals surface area contributed by atoms with E-state index in [9.17, 15) is 13.2 Å². The van der Waals surface area contributed by atoms with Gasteiger partial charge in [0.25, 0.3) is 0 Å². The summed E-state index contributed by atoms with van der Waals surface area (Å²) in [5.41, 5.74) is 5.45. The highest BCUT2D eigenvalue weighted by molar-refractivity contribution is 6.31. The van der Waals surface area contributed by atoms with Crippen LogP contribution in [0.15, 0.2) is 18.2 Å². The van der Waals surface area contributed by atoms with Gasteiger partial charge in [0.1, 0.15) is 0 Å². The summed E-state index contributed by atoms with van der Waals surface area (Å²) in [6.07, 6.45) is 0.548. The third-order valence-corrected chi connectivity index (χ3v) is 4.18. The van der Waals surface area contributed by atoms with Crippen molar-refractivity contribution in [3.63, 3.8) is 0 Å². The lowest BCUT2D eigenvalue weighted by Crippen LogP contribution is -2.26. The van der Waals surface area contributed by atoms with E-state index < -0.39 is 17.8 Å². The molecule has 5 heteroatoms. The van der Waals surface area contributed by atoms with Gasteiger partial charge >= 0.3 is 6.18 Å². The molecule has 1 aliphatic carbocycles. The van der Waals surface area contributed by atoms with Crippen LogP contribution in [-0.2, 0) is 6.18 Å². The Bertz CT molecular complexity index is 439. The minimum absolute atomic E-state index is 0.0589. The Hall–Kier alpha value is -0.740. The van der Waals surface area contributed by atoms with E-state index in [0.717, 1.165) is 38.2 Å². The number of nitrogens with two attached hydrogens (primary N) is 1. The highest BCUT2D eigenvalue weighted by Gasteiger charge is 2.37. The SMILES string of the molecule is N[C@@H](c1c(Cl)cccc1C(F)(F)F)C1CCCCC1. The molecule has 0 bridgehead atoms. The average Bonchev–Trinajstić information content (AvgIpc) is 2.37. The highest BCUT2D eigenvalue weighted by Crippen LogP contribution is 2.42. The normalized spacial score (nSPS) is 19.4. The van der Waals surface area contributed by atoms with Crippen LogP contribution in [0.4, 0.5) is 13.2 Å². The van der Waals surface area contributed by atoms with Gasteiger partial charge in [-0.2, -0.15) is 13.2 Å². The molecule has 106 valence electrons. The van der Waals surface area contributed by atoms with Gasteiger partial charge in [-0.25, -0.2) is 0 Å². The summed E-state index contributed by atoms with van der Waals surface area (Å²) < 4.78 is 39.1. The van der Waals surface area contributed by atoms with Gasteiger partial charge in [0.2, 0.25) is 0 Å². The molecule has 19 heavy (non-hydrogen) atoms. The molecule has 0 aromatic heterocycles. The van der Waals surface area contributed by atoms with E-state index in [1.54, 1.807) is 0 Å². The first kappa shape index (κ1) is 14.7. The van der Waals surface area contributed by atoms with E-state index in [-0.39, 0.29) is 16.5 Å². The van der Waals surface area contributed by atoms with Crippen molar-refractivity contribution in [2.75, 3.05) is 0 Å². The highest BCUT2D eigenvalue weighted by atomic mass is 35.5. The van der Waals surface area contributed by atoms with Gasteiger partial charge in [0.15, 0.2) is 0 Å². The summed E-state index contributed by atoms with van der Waals surface area (Å²) in [7, 11) is 0. The van der Waals surface area contributed by atoms with E-state index in [4.69, 9.17) is 17.3 Å². The summed E-state index contributed by atoms with van der Waals surface area (Å²) in [5, 5.41) is 0.118. The molecule has 1 aliphatic rings. The second-order valence-electron chi connectivity index (χ2n) is 5.12. The van der Waals surface area contributed by atoms with Crippen LogP contribution in [0.2, 0.25) is 5.02 Å². The molecule has 0 radical (unpaired) electrons. The number of hydrogen-bond donors (Lipinski definition) is 1. The Labute approximate surface area is 115 Å². The Kier molecular flexibility index (Phi) is 4.41. The molecule has 1 atom stereocenters. The van der Waals surface area contributed by atoms with Gasteiger partial charge in [-0.15, -0.1) is 0 Å². The van der Waals surface area contributed by atoms with Crippen molar-refractivity contribution in [1.82, 2.24) is 0 Å². The summed E-state index contributed by atoms with van der Waals surface area (Å²) in [5.74, 6) is 0.0924. The molecule has 0 heterocycles. The topological polar surface area (TPSA) is 26.0 Å². The molecule has 1 saturated carbocycles. The molecule has 1 nitrogen and oxygen atoms in total. The van der Waals surface area contributed by atoms with E-state index in [2.05, 4.69) is 0 Å². The van der Waals surface area contributed by atoms with E-state index in [0.29, 0.717) is 0 Å². The fourth-order valence-corrected chi connectivity index (χ4v) is 3.15. The van der Waals surface area contributed by atoms with Crippen LogP contribution < -0.4 is 5.73 Å². The Morgan fingerprint density at radius 1 is 1.16 bits per heavy atom. The molecule has 1 fully saturated rings. The van der Waals surface area contributed by atoms with Crippen molar-refractivity contribution in [1.29, 1.82) is 0 Å². The smallest absolute Gasteiger partial charge is 0.324 e. The number of hydrogen-bond acceptors (Lipinski definition) is 1. The third-order valence-electron chi connectivity index (χ3n) is 3.85. The van der Waals surface area contributed by atoms with Crippen molar-refractivity contribution in [2.24, 2.45) is 11.7 Å². The van der Waals surface area contributed by atoms with Crippen molar-refractivity contribution < 1.29 is 13.2 Å². The number of alkyl halides is 3. The first-order valence-electron chi connectivity index (χ1n) is 6.52. The molecular formula is C14H17ClF3N. The average molecular weight is 292 g/mol. The van der Waals surface area contributed by atoms with Crippen molar-refractivity contribution >= 4 is 11.6 Å². The maximum absolute atomic E-state index is 13.0. The van der Waals surface area contributed by atoms with Crippen LogP contribution in [0.5, 0.6) is 0 Å². The minimum Gasteiger partial charge on any atom is -0.324 e. The number of benzene rings is 1. The van der Waals surface area contributed by atoms with Crippen LogP contribution in [0.1, 0.15) is 49.3 Å². The minimum atomic E-state index is -4.41. The summed E-state index contributed by atoms with van der Waals surface area (Å²) in [6.45, 7) is 0. The lowest BCUT2D eigenvalue weighted by molar-refractivity contribution is -0.138. The summed E-state index contributed by atoms with van der Waals surface area (Å²) in [4.78, 5) is 0. The lowest BCUT2D eigenvalue weighted by atomic mass is 9.80. The fourth-order valence-electron chi connectivity index (χ4n) is 2.85. The number of halogens is 4. The molecule has 1 aromatic carbocycles. The van der Waals surface area contributed by atoms with E-state index in [1.807, 2.05) is 0 Å². The predicted molar refractivity (Wildman–Crippen MR) is 70.0 cm³/mol. The molecule has 0 saturated heterocycles. The maximum Gasteiger partial charge on any atom is 0.416 e. The fraction of sp³-hybridized carbons (Fsp3) is 0.571. The zero-order valence-electron chi connectivity index (χ0n) is 10.5. The maximum atomic E-state index is 13.0.